The molecule has 0 spiro atoms. The maximum Gasteiger partial charge on any atom is 0.251 e. The van der Waals surface area contributed by atoms with Crippen LogP contribution in [-0.4, -0.2) is 36.3 Å². The Morgan fingerprint density at radius 1 is 1.14 bits per heavy atom. The first-order valence-electron chi connectivity index (χ1n) is 8.94. The molecule has 28 heavy (non-hydrogen) atoms. The predicted octanol–water partition coefficient (Wildman–Crippen LogP) is 2.52. The van der Waals surface area contributed by atoms with Crippen LogP contribution in [0.25, 0.3) is 0 Å². The summed E-state index contributed by atoms with van der Waals surface area (Å²) in [7, 11) is -3.71. The summed E-state index contributed by atoms with van der Waals surface area (Å²) < 4.78 is 28.6. The van der Waals surface area contributed by atoms with E-state index in [1.54, 1.807) is 13.8 Å². The average molecular weight is 470 g/mol. The van der Waals surface area contributed by atoms with Crippen molar-refractivity contribution < 1.29 is 13.2 Å². The fourth-order valence-electron chi connectivity index (χ4n) is 2.77. The molecule has 0 aliphatic rings. The molecular formula is C19H24BrN3O4S. The SMILES string of the molecule is CCN(CC)S(=O)(=O)c1ccc(=O)n(CC(=O)NC(C)c2ccc(Br)cc2)c1. The second-order valence-electron chi connectivity index (χ2n) is 6.26. The van der Waals surface area contributed by atoms with Gasteiger partial charge in [0.2, 0.25) is 15.9 Å². The molecule has 2 rings (SSSR count). The molecule has 0 saturated carbocycles. The summed E-state index contributed by atoms with van der Waals surface area (Å²) in [6, 6.07) is 9.72. The molecule has 0 radical (unpaired) electrons. The third-order valence-corrected chi connectivity index (χ3v) is 6.92. The number of rotatable bonds is 8. The fourth-order valence-corrected chi connectivity index (χ4v) is 4.52. The van der Waals surface area contributed by atoms with Crippen molar-refractivity contribution in [3.8, 4) is 0 Å². The smallest absolute Gasteiger partial charge is 0.251 e. The van der Waals surface area contributed by atoms with Crippen molar-refractivity contribution in [1.29, 1.82) is 0 Å². The second-order valence-corrected chi connectivity index (χ2v) is 9.11. The quantitative estimate of drug-likeness (QED) is 0.642. The zero-order chi connectivity index (χ0) is 20.9. The summed E-state index contributed by atoms with van der Waals surface area (Å²) in [4.78, 5) is 24.5. The van der Waals surface area contributed by atoms with Crippen molar-refractivity contribution in [3.63, 3.8) is 0 Å². The molecule has 1 N–H and O–H groups in total. The zero-order valence-electron chi connectivity index (χ0n) is 16.1. The standard InChI is InChI=1S/C19H24BrN3O4S/c1-4-23(5-2)28(26,27)17-10-11-19(25)22(12-17)13-18(24)21-14(3)15-6-8-16(20)9-7-15/h6-12,14H,4-5,13H2,1-3H3,(H,21,24). The number of halogens is 1. The van der Waals surface area contributed by atoms with Gasteiger partial charge in [-0.15, -0.1) is 0 Å². The van der Waals surface area contributed by atoms with Gasteiger partial charge >= 0.3 is 0 Å². The van der Waals surface area contributed by atoms with Gasteiger partial charge in [-0.1, -0.05) is 41.9 Å². The van der Waals surface area contributed by atoms with E-state index < -0.39 is 15.6 Å². The third kappa shape index (κ3) is 5.30. The molecule has 1 unspecified atom stereocenters. The molecule has 1 heterocycles. The lowest BCUT2D eigenvalue weighted by molar-refractivity contribution is -0.122. The Balaban J connectivity index is 2.18. The lowest BCUT2D eigenvalue weighted by Gasteiger charge is -2.19. The highest BCUT2D eigenvalue weighted by Crippen LogP contribution is 2.17. The van der Waals surface area contributed by atoms with Crippen LogP contribution in [0, 0.1) is 0 Å². The Bertz CT molecular complexity index is 983. The number of pyridine rings is 1. The van der Waals surface area contributed by atoms with E-state index in [0.29, 0.717) is 13.1 Å². The van der Waals surface area contributed by atoms with Gasteiger partial charge in [0, 0.05) is 29.8 Å². The van der Waals surface area contributed by atoms with Crippen LogP contribution >= 0.6 is 15.9 Å². The number of hydrogen-bond acceptors (Lipinski definition) is 4. The Morgan fingerprint density at radius 3 is 2.32 bits per heavy atom. The molecule has 0 bridgehead atoms. The summed E-state index contributed by atoms with van der Waals surface area (Å²) in [5.41, 5.74) is 0.478. The van der Waals surface area contributed by atoms with E-state index in [4.69, 9.17) is 0 Å². The van der Waals surface area contributed by atoms with Gasteiger partial charge in [0.15, 0.2) is 0 Å². The van der Waals surface area contributed by atoms with Crippen molar-refractivity contribution in [2.75, 3.05) is 13.1 Å². The molecule has 0 fully saturated rings. The molecule has 0 saturated heterocycles. The van der Waals surface area contributed by atoms with Crippen LogP contribution in [0.3, 0.4) is 0 Å². The maximum absolute atomic E-state index is 12.6. The van der Waals surface area contributed by atoms with Gasteiger partial charge in [-0.3, -0.25) is 9.59 Å². The van der Waals surface area contributed by atoms with E-state index in [1.807, 2.05) is 31.2 Å². The van der Waals surface area contributed by atoms with Gasteiger partial charge in [0.1, 0.15) is 6.54 Å². The molecule has 1 aromatic heterocycles. The number of sulfonamides is 1. The van der Waals surface area contributed by atoms with Gasteiger partial charge in [-0.25, -0.2) is 8.42 Å². The van der Waals surface area contributed by atoms with E-state index in [1.165, 1.54) is 22.6 Å². The monoisotopic (exact) mass is 469 g/mol. The van der Waals surface area contributed by atoms with E-state index in [2.05, 4.69) is 21.2 Å². The summed E-state index contributed by atoms with van der Waals surface area (Å²) in [5.74, 6) is -0.380. The molecular weight excluding hydrogens is 446 g/mol. The predicted molar refractivity (Wildman–Crippen MR) is 112 cm³/mol. The van der Waals surface area contributed by atoms with E-state index >= 15 is 0 Å². The highest BCUT2D eigenvalue weighted by Gasteiger charge is 2.22. The largest absolute Gasteiger partial charge is 0.348 e. The molecule has 1 amide bonds. The first-order chi connectivity index (χ1) is 13.2. The summed E-state index contributed by atoms with van der Waals surface area (Å²) in [5, 5.41) is 2.82. The van der Waals surface area contributed by atoms with E-state index in [-0.39, 0.29) is 23.4 Å². The highest BCUT2D eigenvalue weighted by atomic mass is 79.9. The van der Waals surface area contributed by atoms with Crippen molar-refractivity contribution in [2.24, 2.45) is 0 Å². The van der Waals surface area contributed by atoms with Gasteiger partial charge in [0.25, 0.3) is 5.56 Å². The van der Waals surface area contributed by atoms with Crippen molar-refractivity contribution in [3.05, 3.63) is 63.0 Å². The number of carbonyl (C=O) groups excluding carboxylic acids is 1. The molecule has 0 aliphatic heterocycles. The first-order valence-corrected chi connectivity index (χ1v) is 11.2. The van der Waals surface area contributed by atoms with Crippen molar-refractivity contribution in [1.82, 2.24) is 14.2 Å². The number of hydrogen-bond donors (Lipinski definition) is 1. The number of benzene rings is 1. The topological polar surface area (TPSA) is 88.5 Å². The summed E-state index contributed by atoms with van der Waals surface area (Å²) >= 11 is 3.36. The van der Waals surface area contributed by atoms with Gasteiger partial charge < -0.3 is 9.88 Å². The number of nitrogens with zero attached hydrogens (tertiary/aromatic N) is 2. The second kappa shape index (κ2) is 9.49. The van der Waals surface area contributed by atoms with Crippen LogP contribution < -0.4 is 10.9 Å². The summed E-state index contributed by atoms with van der Waals surface area (Å²) in [6.07, 6.45) is 1.22. The van der Waals surface area contributed by atoms with E-state index in [0.717, 1.165) is 14.6 Å². The first kappa shape index (κ1) is 22.3. The number of amides is 1. The number of carbonyl (C=O) groups is 1. The molecule has 152 valence electrons. The maximum atomic E-state index is 12.6. The lowest BCUT2D eigenvalue weighted by Crippen LogP contribution is -2.35. The molecule has 2 aromatic rings. The van der Waals surface area contributed by atoms with Crippen LogP contribution in [0.15, 0.2) is 56.8 Å². The van der Waals surface area contributed by atoms with Crippen molar-refractivity contribution in [2.45, 2.75) is 38.3 Å². The zero-order valence-corrected chi connectivity index (χ0v) is 18.5. The minimum Gasteiger partial charge on any atom is -0.348 e. The third-order valence-electron chi connectivity index (χ3n) is 4.36. The number of aromatic nitrogens is 1. The Morgan fingerprint density at radius 2 is 1.75 bits per heavy atom. The van der Waals surface area contributed by atoms with Gasteiger partial charge in [0.05, 0.1) is 10.9 Å². The lowest BCUT2D eigenvalue weighted by atomic mass is 10.1. The Hall–Kier alpha value is -1.97. The fraction of sp³-hybridized carbons (Fsp3) is 0.368. The van der Waals surface area contributed by atoms with Crippen LogP contribution in [0.1, 0.15) is 32.4 Å². The molecule has 1 aromatic carbocycles. The molecule has 0 aliphatic carbocycles. The normalized spacial score (nSPS) is 12.8. The average Bonchev–Trinajstić information content (AvgIpc) is 2.64. The minimum atomic E-state index is -3.71. The van der Waals surface area contributed by atoms with Crippen LogP contribution in [0.5, 0.6) is 0 Å². The number of nitrogens with one attached hydrogen (secondary N) is 1. The summed E-state index contributed by atoms with van der Waals surface area (Å²) in [6.45, 7) is 5.71. The van der Waals surface area contributed by atoms with Crippen LogP contribution in [0.2, 0.25) is 0 Å². The van der Waals surface area contributed by atoms with Gasteiger partial charge in [-0.05, 0) is 30.7 Å². The van der Waals surface area contributed by atoms with Crippen LogP contribution in [-0.2, 0) is 21.4 Å². The molecule has 9 heteroatoms. The Labute approximate surface area is 173 Å². The highest BCUT2D eigenvalue weighted by molar-refractivity contribution is 9.10. The molecule has 1 atom stereocenters. The van der Waals surface area contributed by atoms with Crippen molar-refractivity contribution >= 4 is 31.9 Å². The minimum absolute atomic E-state index is 0.00967. The van der Waals surface area contributed by atoms with Crippen LogP contribution in [0.4, 0.5) is 0 Å². The van der Waals surface area contributed by atoms with E-state index in [9.17, 15) is 18.0 Å². The molecule has 7 nitrogen and oxygen atoms in total. The van der Waals surface area contributed by atoms with Gasteiger partial charge in [-0.2, -0.15) is 4.31 Å². The Kier molecular flexibility index (Phi) is 7.56.